The first-order chi connectivity index (χ1) is 13.1. The van der Waals surface area contributed by atoms with Crippen LogP contribution < -0.4 is 10.0 Å². The van der Waals surface area contributed by atoms with E-state index in [-0.39, 0.29) is 18.8 Å². The molecule has 3 fully saturated rings. The quantitative estimate of drug-likeness (QED) is 0.613. The molecular formula is C20H37F2N3O2S. The van der Waals surface area contributed by atoms with Crippen molar-refractivity contribution in [2.24, 2.45) is 11.3 Å². The Morgan fingerprint density at radius 1 is 1.21 bits per heavy atom. The Bertz CT molecular complexity index is 506. The Morgan fingerprint density at radius 2 is 1.79 bits per heavy atom. The van der Waals surface area contributed by atoms with Gasteiger partial charge < -0.3 is 10.1 Å². The van der Waals surface area contributed by atoms with Gasteiger partial charge in [-0.25, -0.2) is 17.9 Å². The topological polar surface area (TPSA) is 53.6 Å². The Kier molecular flexibility index (Phi) is 8.01. The van der Waals surface area contributed by atoms with Gasteiger partial charge >= 0.3 is 6.09 Å². The molecule has 0 atom stereocenters. The molecule has 1 saturated heterocycles. The van der Waals surface area contributed by atoms with E-state index in [2.05, 4.69) is 14.3 Å². The minimum Gasteiger partial charge on any atom is -0.443 e. The summed E-state index contributed by atoms with van der Waals surface area (Å²) in [5.74, 6) is -2.24. The van der Waals surface area contributed by atoms with Gasteiger partial charge in [0.25, 0.3) is 0 Å². The van der Waals surface area contributed by atoms with Crippen LogP contribution in [0, 0.1) is 11.3 Å². The maximum absolute atomic E-state index is 13.4. The van der Waals surface area contributed by atoms with Crippen LogP contribution in [0.1, 0.15) is 73.1 Å². The van der Waals surface area contributed by atoms with Crippen LogP contribution in [-0.4, -0.2) is 47.6 Å². The number of hydrogen-bond donors (Lipinski definition) is 2. The molecule has 0 radical (unpaired) electrons. The lowest BCUT2D eigenvalue weighted by atomic mass is 9.61. The average molecular weight is 422 g/mol. The van der Waals surface area contributed by atoms with E-state index in [4.69, 9.17) is 4.74 Å². The zero-order chi connectivity index (χ0) is 21.0. The van der Waals surface area contributed by atoms with Gasteiger partial charge in [0.05, 0.1) is 0 Å². The molecule has 164 valence electrons. The van der Waals surface area contributed by atoms with Gasteiger partial charge in [-0.05, 0) is 57.8 Å². The number of carbonyl (C=O) groups excluding carboxylic acids is 1. The van der Waals surface area contributed by atoms with Gasteiger partial charge in [-0.1, -0.05) is 13.8 Å². The smallest absolute Gasteiger partial charge is 0.418 e. The predicted octanol–water partition coefficient (Wildman–Crippen LogP) is 4.98. The van der Waals surface area contributed by atoms with Crippen LogP contribution >= 0.6 is 12.1 Å². The molecule has 2 saturated carbocycles. The first-order valence-electron chi connectivity index (χ1n) is 10.6. The molecule has 0 aromatic heterocycles. The highest BCUT2D eigenvalue weighted by atomic mass is 32.2. The van der Waals surface area contributed by atoms with Crippen molar-refractivity contribution in [2.45, 2.75) is 90.7 Å². The van der Waals surface area contributed by atoms with Crippen molar-refractivity contribution in [1.29, 1.82) is 0 Å². The fourth-order valence-electron chi connectivity index (χ4n) is 4.10. The second-order valence-electron chi connectivity index (χ2n) is 9.26. The number of hydrogen-bond acceptors (Lipinski definition) is 5. The Morgan fingerprint density at radius 3 is 2.25 bits per heavy atom. The minimum absolute atomic E-state index is 0.0197. The Hall–Kier alpha value is -0.600. The highest BCUT2D eigenvalue weighted by molar-refractivity contribution is 7.95. The van der Waals surface area contributed by atoms with Crippen molar-refractivity contribution in [2.75, 3.05) is 19.6 Å². The summed E-state index contributed by atoms with van der Waals surface area (Å²) in [6.07, 6.45) is 2.81. The van der Waals surface area contributed by atoms with E-state index in [1.165, 1.54) is 12.1 Å². The first kappa shape index (κ1) is 23.7. The zero-order valence-corrected chi connectivity index (χ0v) is 18.8. The molecule has 3 aliphatic rings. The SMILES string of the molecule is CC.CC(C)(C)OC(=O)NSN(CC1CCC(F)(F)CC1)C1CC2(CNC2)C1. The molecule has 1 heterocycles. The fraction of sp³-hybridized carbons (Fsp3) is 0.950. The van der Waals surface area contributed by atoms with Gasteiger partial charge in [-0.3, -0.25) is 4.72 Å². The highest BCUT2D eigenvalue weighted by Gasteiger charge is 2.51. The van der Waals surface area contributed by atoms with E-state index >= 15 is 0 Å². The normalized spacial score (nSPS) is 25.9. The summed E-state index contributed by atoms with van der Waals surface area (Å²) >= 11 is 1.28. The molecule has 0 unspecified atom stereocenters. The number of nitrogens with zero attached hydrogens (tertiary/aromatic N) is 1. The molecular weight excluding hydrogens is 384 g/mol. The van der Waals surface area contributed by atoms with Crippen molar-refractivity contribution in [3.05, 3.63) is 0 Å². The molecule has 2 N–H and O–H groups in total. The van der Waals surface area contributed by atoms with Gasteiger partial charge in [0.15, 0.2) is 0 Å². The number of halogens is 2. The summed E-state index contributed by atoms with van der Waals surface area (Å²) in [5, 5.41) is 3.33. The molecule has 2 aliphatic carbocycles. The summed E-state index contributed by atoms with van der Waals surface area (Å²) < 4.78 is 37.1. The number of carbonyl (C=O) groups is 1. The van der Waals surface area contributed by atoms with Crippen LogP contribution in [-0.2, 0) is 4.74 Å². The van der Waals surface area contributed by atoms with Crippen molar-refractivity contribution >= 4 is 18.2 Å². The second kappa shape index (κ2) is 9.47. The van der Waals surface area contributed by atoms with Gasteiger partial charge in [0, 0.05) is 50.7 Å². The summed E-state index contributed by atoms with van der Waals surface area (Å²) in [4.78, 5) is 12.0. The number of amides is 1. The number of rotatable bonds is 5. The van der Waals surface area contributed by atoms with Crippen LogP contribution in [0.2, 0.25) is 0 Å². The number of ether oxygens (including phenoxy) is 1. The standard InChI is InChI=1S/C18H31F2N3O2S.C2H6/c1-16(2,3)25-15(24)22-26-23(14-8-17(9-14)11-21-12-17)10-13-4-6-18(19,20)7-5-13;1-2/h13-14,21H,4-12H2,1-3H3,(H,22,24);1-2H3. The van der Waals surface area contributed by atoms with Crippen LogP contribution in [0.4, 0.5) is 13.6 Å². The Labute approximate surface area is 173 Å². The summed E-state index contributed by atoms with van der Waals surface area (Å²) in [5.41, 5.74) is -0.114. The lowest BCUT2D eigenvalue weighted by Crippen LogP contribution is -2.64. The largest absolute Gasteiger partial charge is 0.443 e. The summed E-state index contributed by atoms with van der Waals surface area (Å²) in [6.45, 7) is 12.4. The predicted molar refractivity (Wildman–Crippen MR) is 110 cm³/mol. The maximum Gasteiger partial charge on any atom is 0.418 e. The van der Waals surface area contributed by atoms with Crippen molar-refractivity contribution in [1.82, 2.24) is 14.3 Å². The Balaban J connectivity index is 0.00000136. The monoisotopic (exact) mass is 421 g/mol. The molecule has 1 spiro atoms. The molecule has 1 aliphatic heterocycles. The van der Waals surface area contributed by atoms with E-state index in [0.717, 1.165) is 32.5 Å². The first-order valence-corrected chi connectivity index (χ1v) is 11.3. The minimum atomic E-state index is -2.50. The van der Waals surface area contributed by atoms with Crippen LogP contribution in [0.3, 0.4) is 0 Å². The third kappa shape index (κ3) is 6.73. The van der Waals surface area contributed by atoms with Gasteiger partial charge in [-0.15, -0.1) is 0 Å². The van der Waals surface area contributed by atoms with Crippen LogP contribution in [0.5, 0.6) is 0 Å². The van der Waals surface area contributed by atoms with Crippen LogP contribution in [0.25, 0.3) is 0 Å². The van der Waals surface area contributed by atoms with E-state index in [1.807, 2.05) is 34.6 Å². The molecule has 0 aromatic carbocycles. The third-order valence-electron chi connectivity index (χ3n) is 5.66. The maximum atomic E-state index is 13.4. The molecule has 0 bridgehead atoms. The second-order valence-corrected chi connectivity index (χ2v) is 10.1. The molecule has 8 heteroatoms. The lowest BCUT2D eigenvalue weighted by Gasteiger charge is -2.57. The van der Waals surface area contributed by atoms with Gasteiger partial charge in [0.2, 0.25) is 5.92 Å². The number of alkyl halides is 2. The number of nitrogens with one attached hydrogen (secondary N) is 2. The highest BCUT2D eigenvalue weighted by Crippen LogP contribution is 2.48. The molecule has 28 heavy (non-hydrogen) atoms. The zero-order valence-electron chi connectivity index (χ0n) is 17.9. The van der Waals surface area contributed by atoms with Crippen molar-refractivity contribution in [3.8, 4) is 0 Å². The molecule has 3 rings (SSSR count). The lowest BCUT2D eigenvalue weighted by molar-refractivity contribution is -0.0521. The summed E-state index contributed by atoms with van der Waals surface area (Å²) in [7, 11) is 0. The molecule has 1 amide bonds. The van der Waals surface area contributed by atoms with E-state index < -0.39 is 17.6 Å². The van der Waals surface area contributed by atoms with Gasteiger partial charge in [-0.2, -0.15) is 0 Å². The van der Waals surface area contributed by atoms with Crippen molar-refractivity contribution < 1.29 is 18.3 Å². The average Bonchev–Trinajstić information content (AvgIpc) is 2.51. The van der Waals surface area contributed by atoms with E-state index in [0.29, 0.717) is 24.3 Å². The fourth-order valence-corrected chi connectivity index (χ4v) is 4.92. The van der Waals surface area contributed by atoms with Crippen LogP contribution in [0.15, 0.2) is 0 Å². The molecule has 0 aromatic rings. The summed E-state index contributed by atoms with van der Waals surface area (Å²) in [6, 6.07) is 0.388. The van der Waals surface area contributed by atoms with E-state index in [9.17, 15) is 13.6 Å². The van der Waals surface area contributed by atoms with Gasteiger partial charge in [0.1, 0.15) is 5.60 Å². The van der Waals surface area contributed by atoms with E-state index in [1.54, 1.807) is 0 Å². The molecule has 5 nitrogen and oxygen atoms in total. The van der Waals surface area contributed by atoms with Crippen molar-refractivity contribution in [3.63, 3.8) is 0 Å². The third-order valence-corrected chi connectivity index (χ3v) is 6.60.